The van der Waals surface area contributed by atoms with Gasteiger partial charge in [-0.3, -0.25) is 4.79 Å². The first-order valence-corrected chi connectivity index (χ1v) is 6.94. The Morgan fingerprint density at radius 2 is 2.33 bits per heavy atom. The quantitative estimate of drug-likeness (QED) is 0.912. The van der Waals surface area contributed by atoms with Crippen molar-refractivity contribution in [3.8, 4) is 0 Å². The molecule has 2 heterocycles. The summed E-state index contributed by atoms with van der Waals surface area (Å²) in [6.07, 6.45) is 1.75. The molecule has 2 aromatic rings. The lowest BCUT2D eigenvalue weighted by Crippen LogP contribution is -2.39. The number of hydrogen-bond acceptors (Lipinski definition) is 4. The molecule has 6 nitrogen and oxygen atoms in total. The van der Waals surface area contributed by atoms with Gasteiger partial charge in [0.2, 0.25) is 0 Å². The number of rotatable bonds is 2. The molecule has 3 rings (SSSR count). The molecule has 0 aliphatic carbocycles. The van der Waals surface area contributed by atoms with Gasteiger partial charge < -0.3 is 4.90 Å². The first-order valence-electron chi connectivity index (χ1n) is 6.94. The van der Waals surface area contributed by atoms with Crippen molar-refractivity contribution in [2.45, 2.75) is 25.7 Å². The summed E-state index contributed by atoms with van der Waals surface area (Å²) >= 11 is 0. The topological polar surface area (TPSA) is 74.8 Å². The van der Waals surface area contributed by atoms with E-state index in [1.54, 1.807) is 24.0 Å². The smallest absolute Gasteiger partial charge is 0.256 e. The van der Waals surface area contributed by atoms with Gasteiger partial charge in [-0.1, -0.05) is 17.3 Å². The van der Waals surface area contributed by atoms with Crippen molar-refractivity contribution >= 4 is 5.91 Å². The summed E-state index contributed by atoms with van der Waals surface area (Å²) in [5, 5.41) is 13.9. The predicted octanol–water partition coefficient (Wildman–Crippen LogP) is 1.67. The van der Waals surface area contributed by atoms with E-state index in [9.17, 15) is 9.18 Å². The van der Waals surface area contributed by atoms with Gasteiger partial charge >= 0.3 is 0 Å². The highest BCUT2D eigenvalue weighted by Gasteiger charge is 2.29. The summed E-state index contributed by atoms with van der Waals surface area (Å²) in [6, 6.07) is 4.89. The van der Waals surface area contributed by atoms with Crippen molar-refractivity contribution in [2.75, 3.05) is 13.1 Å². The van der Waals surface area contributed by atoms with Crippen molar-refractivity contribution in [1.82, 2.24) is 25.5 Å². The van der Waals surface area contributed by atoms with Gasteiger partial charge in [-0.2, -0.15) is 5.21 Å². The molecule has 1 aromatic carbocycles. The van der Waals surface area contributed by atoms with Crippen molar-refractivity contribution in [3.63, 3.8) is 0 Å². The van der Waals surface area contributed by atoms with Crippen LogP contribution < -0.4 is 0 Å². The van der Waals surface area contributed by atoms with Gasteiger partial charge in [0, 0.05) is 19.0 Å². The number of aromatic amines is 1. The molecule has 21 heavy (non-hydrogen) atoms. The zero-order valence-electron chi connectivity index (χ0n) is 11.7. The van der Waals surface area contributed by atoms with E-state index in [4.69, 9.17) is 0 Å². The summed E-state index contributed by atoms with van der Waals surface area (Å²) in [7, 11) is 0. The standard InChI is InChI=1S/C14H16FN5O/c1-9-4-2-6-11(12(9)15)14(21)20-7-3-5-10(8-20)13-16-18-19-17-13/h2,4,6,10H,3,5,7-8H2,1H3,(H,16,17,18,19)/t10-/m0/s1. The molecule has 110 valence electrons. The Morgan fingerprint density at radius 3 is 3.10 bits per heavy atom. The molecular formula is C14H16FN5O. The molecule has 1 aliphatic heterocycles. The monoisotopic (exact) mass is 289 g/mol. The highest BCUT2D eigenvalue weighted by molar-refractivity contribution is 5.94. The maximum Gasteiger partial charge on any atom is 0.256 e. The summed E-state index contributed by atoms with van der Waals surface area (Å²) in [4.78, 5) is 14.2. The van der Waals surface area contributed by atoms with Gasteiger partial charge in [0.05, 0.1) is 5.56 Å². The van der Waals surface area contributed by atoms with Gasteiger partial charge in [-0.05, 0) is 31.4 Å². The van der Waals surface area contributed by atoms with Crippen LogP contribution in [0.3, 0.4) is 0 Å². The maximum atomic E-state index is 14.1. The molecule has 1 amide bonds. The van der Waals surface area contributed by atoms with E-state index < -0.39 is 5.82 Å². The Hall–Kier alpha value is -2.31. The molecule has 0 unspecified atom stereocenters. The van der Waals surface area contributed by atoms with E-state index >= 15 is 0 Å². The second-order valence-electron chi connectivity index (χ2n) is 5.30. The second kappa shape index (κ2) is 5.59. The predicted molar refractivity (Wildman–Crippen MR) is 73.2 cm³/mol. The van der Waals surface area contributed by atoms with Crippen LogP contribution in [0.2, 0.25) is 0 Å². The number of benzene rings is 1. The minimum absolute atomic E-state index is 0.0503. The molecular weight excluding hydrogens is 273 g/mol. The Bertz CT molecular complexity index is 643. The van der Waals surface area contributed by atoms with Crippen LogP contribution >= 0.6 is 0 Å². The van der Waals surface area contributed by atoms with E-state index in [2.05, 4.69) is 20.6 Å². The molecule has 0 saturated carbocycles. The van der Waals surface area contributed by atoms with Crippen molar-refractivity contribution in [2.24, 2.45) is 0 Å². The molecule has 1 aromatic heterocycles. The highest BCUT2D eigenvalue weighted by atomic mass is 19.1. The summed E-state index contributed by atoms with van der Waals surface area (Å²) in [6.45, 7) is 2.77. The third-order valence-corrected chi connectivity index (χ3v) is 3.86. The number of hydrogen-bond donors (Lipinski definition) is 1. The van der Waals surface area contributed by atoms with Crippen LogP contribution in [0.1, 0.15) is 40.5 Å². The minimum atomic E-state index is -0.441. The molecule has 7 heteroatoms. The Labute approximate surface area is 121 Å². The van der Waals surface area contributed by atoms with E-state index in [1.807, 2.05) is 0 Å². The SMILES string of the molecule is Cc1cccc(C(=O)N2CCC[C@H](c3nn[nH]n3)C2)c1F. The third kappa shape index (κ3) is 2.63. The average molecular weight is 289 g/mol. The van der Waals surface area contributed by atoms with E-state index in [-0.39, 0.29) is 17.4 Å². The number of nitrogens with one attached hydrogen (secondary N) is 1. The van der Waals surface area contributed by atoms with Gasteiger partial charge in [-0.25, -0.2) is 4.39 Å². The Kier molecular flexibility index (Phi) is 3.64. The summed E-state index contributed by atoms with van der Waals surface area (Å²) in [5.41, 5.74) is 0.608. The lowest BCUT2D eigenvalue weighted by atomic mass is 9.96. The number of piperidine rings is 1. The number of halogens is 1. The Morgan fingerprint density at radius 1 is 1.48 bits per heavy atom. The second-order valence-corrected chi connectivity index (χ2v) is 5.30. The van der Waals surface area contributed by atoms with Crippen LogP contribution in [-0.2, 0) is 0 Å². The maximum absolute atomic E-state index is 14.1. The van der Waals surface area contributed by atoms with Crippen molar-refractivity contribution in [1.29, 1.82) is 0 Å². The molecule has 0 radical (unpaired) electrons. The Balaban J connectivity index is 1.80. The van der Waals surface area contributed by atoms with Crippen molar-refractivity contribution in [3.05, 3.63) is 41.0 Å². The molecule has 1 fully saturated rings. The molecule has 1 saturated heterocycles. The number of aromatic nitrogens is 4. The zero-order valence-corrected chi connectivity index (χ0v) is 11.7. The molecule has 1 atom stereocenters. The molecule has 1 N–H and O–H groups in total. The van der Waals surface area contributed by atoms with Crippen LogP contribution in [0.15, 0.2) is 18.2 Å². The first-order chi connectivity index (χ1) is 10.2. The van der Waals surface area contributed by atoms with Crippen LogP contribution in [0.4, 0.5) is 4.39 Å². The fraction of sp³-hybridized carbons (Fsp3) is 0.429. The lowest BCUT2D eigenvalue weighted by molar-refractivity contribution is 0.0699. The fourth-order valence-corrected chi connectivity index (χ4v) is 2.70. The molecule has 0 bridgehead atoms. The van der Waals surface area contributed by atoms with Gasteiger partial charge in [0.15, 0.2) is 5.82 Å². The van der Waals surface area contributed by atoms with Crippen molar-refractivity contribution < 1.29 is 9.18 Å². The number of likely N-dealkylation sites (tertiary alicyclic amines) is 1. The van der Waals surface area contributed by atoms with Crippen LogP contribution in [0.5, 0.6) is 0 Å². The van der Waals surface area contributed by atoms with Crippen LogP contribution in [-0.4, -0.2) is 44.5 Å². The van der Waals surface area contributed by atoms with E-state index in [0.29, 0.717) is 24.5 Å². The number of nitrogens with zero attached hydrogens (tertiary/aromatic N) is 4. The van der Waals surface area contributed by atoms with Crippen LogP contribution in [0, 0.1) is 12.7 Å². The molecule has 0 spiro atoms. The first kappa shape index (κ1) is 13.7. The van der Waals surface area contributed by atoms with Gasteiger partial charge in [0.25, 0.3) is 5.91 Å². The van der Waals surface area contributed by atoms with E-state index in [0.717, 1.165) is 12.8 Å². The average Bonchev–Trinajstić information content (AvgIpc) is 3.04. The number of carbonyl (C=O) groups is 1. The molecule has 1 aliphatic rings. The third-order valence-electron chi connectivity index (χ3n) is 3.86. The van der Waals surface area contributed by atoms with Gasteiger partial charge in [0.1, 0.15) is 5.82 Å². The fourth-order valence-electron chi connectivity index (χ4n) is 2.70. The van der Waals surface area contributed by atoms with Crippen LogP contribution in [0.25, 0.3) is 0 Å². The normalized spacial score (nSPS) is 18.8. The number of carbonyl (C=O) groups excluding carboxylic acids is 1. The number of H-pyrrole nitrogens is 1. The lowest BCUT2D eigenvalue weighted by Gasteiger charge is -2.31. The number of amides is 1. The van der Waals surface area contributed by atoms with E-state index in [1.165, 1.54) is 6.07 Å². The largest absolute Gasteiger partial charge is 0.338 e. The number of tetrazole rings is 1. The van der Waals surface area contributed by atoms with Gasteiger partial charge in [-0.15, -0.1) is 10.2 Å². The summed E-state index contributed by atoms with van der Waals surface area (Å²) < 4.78 is 14.1. The summed E-state index contributed by atoms with van der Waals surface area (Å²) in [5.74, 6) is -0.0554. The minimum Gasteiger partial charge on any atom is -0.338 e. The highest BCUT2D eigenvalue weighted by Crippen LogP contribution is 2.25. The zero-order chi connectivity index (χ0) is 14.8. The number of aryl methyl sites for hydroxylation is 1.